The van der Waals surface area contributed by atoms with Gasteiger partial charge in [0.15, 0.2) is 0 Å². The second-order valence-corrected chi connectivity index (χ2v) is 8.53. The van der Waals surface area contributed by atoms with E-state index in [-0.39, 0.29) is 0 Å². The first-order valence-electron chi connectivity index (χ1n) is 8.85. The highest BCUT2D eigenvalue weighted by Crippen LogP contribution is 2.25. The number of hydrogen-bond donors (Lipinski definition) is 1. The van der Waals surface area contributed by atoms with E-state index in [2.05, 4.69) is 54.5 Å². The summed E-state index contributed by atoms with van der Waals surface area (Å²) >= 11 is -1.11. The number of nitrogens with one attached hydrogen (secondary N) is 1. The molecule has 24 heavy (non-hydrogen) atoms. The lowest BCUT2D eigenvalue weighted by Crippen LogP contribution is -2.36. The van der Waals surface area contributed by atoms with E-state index in [1.54, 1.807) is 4.31 Å². The van der Waals surface area contributed by atoms with Crippen molar-refractivity contribution in [3.8, 4) is 0 Å². The Bertz CT molecular complexity index is 651. The van der Waals surface area contributed by atoms with Gasteiger partial charge in [-0.15, -0.1) is 9.03 Å². The lowest BCUT2D eigenvalue weighted by Gasteiger charge is -2.14. The summed E-state index contributed by atoms with van der Waals surface area (Å²) in [7, 11) is 3.62. The minimum atomic E-state index is -1.11. The van der Waals surface area contributed by atoms with Gasteiger partial charge in [-0.05, 0) is 36.0 Å². The van der Waals surface area contributed by atoms with Gasteiger partial charge >= 0.3 is 0 Å². The Morgan fingerprint density at radius 1 is 1.25 bits per heavy atom. The largest absolute Gasteiger partial charge is 0.579 e. The Morgan fingerprint density at radius 3 is 2.62 bits per heavy atom. The predicted octanol–water partition coefficient (Wildman–Crippen LogP) is 3.52. The average molecular weight is 350 g/mol. The van der Waals surface area contributed by atoms with Crippen LogP contribution in [-0.2, 0) is 30.9 Å². The summed E-state index contributed by atoms with van der Waals surface area (Å²) < 4.78 is 18.9. The number of aryl methyl sites for hydroxylation is 1. The lowest BCUT2D eigenvalue weighted by molar-refractivity contribution is 0.505. The second-order valence-electron chi connectivity index (χ2n) is 7.01. The van der Waals surface area contributed by atoms with Crippen LogP contribution in [0.1, 0.15) is 38.3 Å². The fourth-order valence-corrected chi connectivity index (χ4v) is 3.54. The molecular formula is C19H31N3OS. The fourth-order valence-electron chi connectivity index (χ4n) is 3.00. The van der Waals surface area contributed by atoms with Gasteiger partial charge in [-0.25, -0.2) is 0 Å². The van der Waals surface area contributed by atoms with Crippen molar-refractivity contribution in [3.05, 3.63) is 35.5 Å². The number of aromatic nitrogens is 1. The summed E-state index contributed by atoms with van der Waals surface area (Å²) in [6, 6.07) is 6.85. The van der Waals surface area contributed by atoms with Gasteiger partial charge in [-0.1, -0.05) is 39.3 Å². The van der Waals surface area contributed by atoms with Crippen LogP contribution in [-0.4, -0.2) is 34.1 Å². The molecule has 1 aromatic carbocycles. The van der Waals surface area contributed by atoms with Crippen LogP contribution < -0.4 is 4.72 Å². The number of benzene rings is 1. The van der Waals surface area contributed by atoms with Gasteiger partial charge in [-0.2, -0.15) is 0 Å². The van der Waals surface area contributed by atoms with E-state index in [0.29, 0.717) is 12.5 Å². The molecule has 0 aliphatic heterocycles. The zero-order valence-corrected chi connectivity index (χ0v) is 16.4. The fraction of sp³-hybridized carbons (Fsp3) is 0.579. The standard InChI is InChI=1S/C19H31N3OS/c1-6-7-16-8-9-18-17(10-11-20-24(23)21(4)5)14-22(13-15(2)3)19(18)12-16/h8-9,12,14-15,20H,6-7,10-11,13H2,1-5H3. The first-order valence-corrected chi connectivity index (χ1v) is 9.96. The van der Waals surface area contributed by atoms with Crippen LogP contribution in [0.3, 0.4) is 0 Å². The minimum Gasteiger partial charge on any atom is -0.579 e. The van der Waals surface area contributed by atoms with Crippen LogP contribution in [0.4, 0.5) is 0 Å². The SMILES string of the molecule is CCCc1ccc2c(CCN[S+]([O-])N(C)C)cn(CC(C)C)c2c1. The predicted molar refractivity (Wildman–Crippen MR) is 104 cm³/mol. The first-order chi connectivity index (χ1) is 11.4. The Morgan fingerprint density at radius 2 is 2.00 bits per heavy atom. The van der Waals surface area contributed by atoms with E-state index in [0.717, 1.165) is 19.4 Å². The van der Waals surface area contributed by atoms with E-state index < -0.39 is 11.5 Å². The second kappa shape index (κ2) is 8.90. The van der Waals surface area contributed by atoms with Crippen LogP contribution in [0.15, 0.2) is 24.4 Å². The van der Waals surface area contributed by atoms with Gasteiger partial charge in [0.05, 0.1) is 0 Å². The molecule has 0 spiro atoms. The molecule has 2 aromatic rings. The van der Waals surface area contributed by atoms with E-state index in [1.807, 2.05) is 14.1 Å². The zero-order chi connectivity index (χ0) is 17.7. The number of nitrogens with zero attached hydrogens (tertiary/aromatic N) is 2. The quantitative estimate of drug-likeness (QED) is 0.704. The molecular weight excluding hydrogens is 318 g/mol. The summed E-state index contributed by atoms with van der Waals surface area (Å²) in [5, 5.41) is 1.33. The van der Waals surface area contributed by atoms with Crippen molar-refractivity contribution >= 4 is 22.5 Å². The third-order valence-electron chi connectivity index (χ3n) is 4.08. The molecule has 1 heterocycles. The molecule has 0 bridgehead atoms. The molecule has 0 amide bonds. The smallest absolute Gasteiger partial charge is 0.137 e. The molecule has 0 radical (unpaired) electrons. The average Bonchev–Trinajstić information content (AvgIpc) is 2.84. The summed E-state index contributed by atoms with van der Waals surface area (Å²) in [5.74, 6) is 0.614. The molecule has 4 nitrogen and oxygen atoms in total. The van der Waals surface area contributed by atoms with Crippen molar-refractivity contribution in [2.24, 2.45) is 5.92 Å². The Kier molecular flexibility index (Phi) is 7.16. The summed E-state index contributed by atoms with van der Waals surface area (Å²) in [6.07, 6.45) is 5.46. The van der Waals surface area contributed by atoms with Crippen LogP contribution in [0, 0.1) is 5.92 Å². The molecule has 0 aliphatic carbocycles. The molecule has 0 saturated heterocycles. The van der Waals surface area contributed by atoms with E-state index in [4.69, 9.17) is 0 Å². The third kappa shape index (κ3) is 4.99. The van der Waals surface area contributed by atoms with Crippen LogP contribution >= 0.6 is 0 Å². The third-order valence-corrected chi connectivity index (χ3v) is 5.20. The molecule has 0 fully saturated rings. The number of fused-ring (bicyclic) bond motifs is 1. The molecule has 1 atom stereocenters. The molecule has 0 saturated carbocycles. The van der Waals surface area contributed by atoms with Gasteiger partial charge in [0, 0.05) is 44.3 Å². The molecule has 1 N–H and O–H groups in total. The van der Waals surface area contributed by atoms with Crippen molar-refractivity contribution in [2.45, 2.75) is 46.6 Å². The van der Waals surface area contributed by atoms with Crippen molar-refractivity contribution < 1.29 is 4.55 Å². The molecule has 134 valence electrons. The van der Waals surface area contributed by atoms with Crippen molar-refractivity contribution in [1.82, 2.24) is 13.6 Å². The van der Waals surface area contributed by atoms with E-state index in [1.165, 1.54) is 28.5 Å². The molecule has 0 aliphatic rings. The van der Waals surface area contributed by atoms with E-state index in [9.17, 15) is 4.55 Å². The normalized spacial score (nSPS) is 13.3. The van der Waals surface area contributed by atoms with Crippen molar-refractivity contribution in [2.75, 3.05) is 20.6 Å². The highest BCUT2D eigenvalue weighted by atomic mass is 32.2. The van der Waals surface area contributed by atoms with Gasteiger partial charge in [-0.3, -0.25) is 0 Å². The zero-order valence-electron chi connectivity index (χ0n) is 15.6. The summed E-state index contributed by atoms with van der Waals surface area (Å²) in [5.41, 5.74) is 4.07. The first kappa shape index (κ1) is 19.3. The lowest BCUT2D eigenvalue weighted by atomic mass is 10.1. The van der Waals surface area contributed by atoms with Gasteiger partial charge in [0.1, 0.15) is 11.5 Å². The molecule has 1 aromatic heterocycles. The number of rotatable bonds is 9. The Balaban J connectivity index is 2.22. The highest BCUT2D eigenvalue weighted by Gasteiger charge is 2.13. The Hall–Kier alpha value is -1.01. The van der Waals surface area contributed by atoms with Crippen LogP contribution in [0.2, 0.25) is 0 Å². The van der Waals surface area contributed by atoms with Gasteiger partial charge in [0.25, 0.3) is 0 Å². The van der Waals surface area contributed by atoms with Crippen LogP contribution in [0.5, 0.6) is 0 Å². The van der Waals surface area contributed by atoms with Gasteiger partial charge in [0.2, 0.25) is 0 Å². The summed E-state index contributed by atoms with van der Waals surface area (Å²) in [6.45, 7) is 8.47. The monoisotopic (exact) mass is 349 g/mol. The molecule has 2 rings (SSSR count). The van der Waals surface area contributed by atoms with Gasteiger partial charge < -0.3 is 9.12 Å². The van der Waals surface area contributed by atoms with Crippen molar-refractivity contribution in [1.29, 1.82) is 0 Å². The topological polar surface area (TPSA) is 43.3 Å². The molecule has 1 unspecified atom stereocenters. The maximum atomic E-state index is 11.8. The Labute approximate surface area is 149 Å². The maximum absolute atomic E-state index is 11.8. The van der Waals surface area contributed by atoms with Crippen LogP contribution in [0.25, 0.3) is 10.9 Å². The van der Waals surface area contributed by atoms with Crippen molar-refractivity contribution in [3.63, 3.8) is 0 Å². The van der Waals surface area contributed by atoms with E-state index >= 15 is 0 Å². The summed E-state index contributed by atoms with van der Waals surface area (Å²) in [4.78, 5) is 0. The highest BCUT2D eigenvalue weighted by molar-refractivity contribution is 7.87. The number of hydrogen-bond acceptors (Lipinski definition) is 3. The minimum absolute atomic E-state index is 0.614. The maximum Gasteiger partial charge on any atom is 0.137 e. The molecule has 5 heteroatoms.